The molecular formula is C18H17N3O4S. The van der Waals surface area contributed by atoms with Crippen molar-refractivity contribution in [3.05, 3.63) is 50.9 Å². The van der Waals surface area contributed by atoms with Gasteiger partial charge in [-0.25, -0.2) is 4.98 Å². The Balaban J connectivity index is 1.57. The Bertz CT molecular complexity index is 1060. The van der Waals surface area contributed by atoms with Crippen molar-refractivity contribution >= 4 is 27.5 Å². The van der Waals surface area contributed by atoms with Crippen LogP contribution in [0.5, 0.6) is 11.5 Å². The van der Waals surface area contributed by atoms with E-state index in [2.05, 4.69) is 15.3 Å². The van der Waals surface area contributed by atoms with Gasteiger partial charge < -0.3 is 19.8 Å². The van der Waals surface area contributed by atoms with Gasteiger partial charge in [0.1, 0.15) is 11.4 Å². The van der Waals surface area contributed by atoms with E-state index in [9.17, 15) is 9.59 Å². The van der Waals surface area contributed by atoms with Crippen LogP contribution in [0.3, 0.4) is 0 Å². The summed E-state index contributed by atoms with van der Waals surface area (Å²) in [7, 11) is 1.60. The number of carbonyl (C=O) groups is 1. The third-order valence-electron chi connectivity index (χ3n) is 4.45. The Morgan fingerprint density at radius 1 is 1.46 bits per heavy atom. The molecule has 134 valence electrons. The summed E-state index contributed by atoms with van der Waals surface area (Å²) in [5.41, 5.74) is 1.41. The summed E-state index contributed by atoms with van der Waals surface area (Å²) >= 11 is 1.22. The van der Waals surface area contributed by atoms with Gasteiger partial charge in [-0.3, -0.25) is 9.59 Å². The quantitative estimate of drug-likeness (QED) is 0.735. The number of nitrogens with one attached hydrogen (secondary N) is 2. The third kappa shape index (κ3) is 2.72. The van der Waals surface area contributed by atoms with Crippen LogP contribution in [0, 0.1) is 6.92 Å². The molecule has 0 unspecified atom stereocenters. The van der Waals surface area contributed by atoms with Crippen LogP contribution in [0.15, 0.2) is 29.3 Å². The van der Waals surface area contributed by atoms with Crippen LogP contribution >= 0.6 is 11.3 Å². The number of methoxy groups -OCH3 is 1. The minimum Gasteiger partial charge on any atom is -0.493 e. The zero-order valence-corrected chi connectivity index (χ0v) is 15.1. The standard InChI is InChI=1S/C18H17N3O4S/c1-9-13-16(22)19-8-20-18(13)26-15(9)17(23)21-11-6-10-4-3-5-12(24-2)14(10)25-7-11/h3-5,8,11H,6-7H2,1-2H3,(H,21,23)(H,19,20,22)/t11-/m0/s1. The summed E-state index contributed by atoms with van der Waals surface area (Å²) in [4.78, 5) is 32.5. The van der Waals surface area contributed by atoms with Crippen molar-refractivity contribution in [3.8, 4) is 11.5 Å². The molecule has 0 bridgehead atoms. The van der Waals surface area contributed by atoms with E-state index < -0.39 is 0 Å². The number of hydrogen-bond donors (Lipinski definition) is 2. The number of aryl methyl sites for hydroxylation is 1. The molecule has 0 spiro atoms. The predicted molar refractivity (Wildman–Crippen MR) is 98.4 cm³/mol. The number of H-pyrrole nitrogens is 1. The van der Waals surface area contributed by atoms with Gasteiger partial charge >= 0.3 is 0 Å². The number of hydrogen-bond acceptors (Lipinski definition) is 6. The van der Waals surface area contributed by atoms with Crippen LogP contribution in [0.2, 0.25) is 0 Å². The summed E-state index contributed by atoms with van der Waals surface area (Å²) < 4.78 is 11.1. The van der Waals surface area contributed by atoms with Crippen LogP contribution in [0.4, 0.5) is 0 Å². The molecule has 1 aliphatic rings. The first-order valence-electron chi connectivity index (χ1n) is 8.14. The van der Waals surface area contributed by atoms with Gasteiger partial charge in [0.05, 0.1) is 29.7 Å². The van der Waals surface area contributed by atoms with Gasteiger partial charge in [-0.1, -0.05) is 12.1 Å². The molecular weight excluding hydrogens is 354 g/mol. The number of amides is 1. The molecule has 1 aromatic carbocycles. The third-order valence-corrected chi connectivity index (χ3v) is 5.65. The number of benzene rings is 1. The van der Waals surface area contributed by atoms with E-state index >= 15 is 0 Å². The van der Waals surface area contributed by atoms with Gasteiger partial charge in [-0.05, 0) is 25.0 Å². The zero-order valence-electron chi connectivity index (χ0n) is 14.3. The lowest BCUT2D eigenvalue weighted by atomic mass is 10.0. The van der Waals surface area contributed by atoms with Crippen molar-refractivity contribution in [3.63, 3.8) is 0 Å². The monoisotopic (exact) mass is 371 g/mol. The molecule has 2 aromatic heterocycles. The van der Waals surface area contributed by atoms with Gasteiger partial charge in [0.15, 0.2) is 11.5 Å². The first-order valence-corrected chi connectivity index (χ1v) is 8.96. The maximum atomic E-state index is 12.7. The Hall–Kier alpha value is -2.87. The molecule has 1 atom stereocenters. The maximum Gasteiger partial charge on any atom is 0.262 e. The van der Waals surface area contributed by atoms with Crippen LogP contribution in [-0.4, -0.2) is 35.6 Å². The highest BCUT2D eigenvalue weighted by molar-refractivity contribution is 7.20. The Morgan fingerprint density at radius 2 is 2.31 bits per heavy atom. The topological polar surface area (TPSA) is 93.3 Å². The lowest BCUT2D eigenvalue weighted by Crippen LogP contribution is -2.42. The van der Waals surface area contributed by atoms with Crippen molar-refractivity contribution in [2.24, 2.45) is 0 Å². The molecule has 4 rings (SSSR count). The number of aromatic amines is 1. The smallest absolute Gasteiger partial charge is 0.262 e. The fourth-order valence-corrected chi connectivity index (χ4v) is 4.25. The second-order valence-corrected chi connectivity index (χ2v) is 7.10. The molecule has 7 nitrogen and oxygen atoms in total. The SMILES string of the molecule is COc1cccc2c1OC[C@@H](NC(=O)c1sc3nc[nH]c(=O)c3c1C)C2. The zero-order chi connectivity index (χ0) is 18.3. The summed E-state index contributed by atoms with van der Waals surface area (Å²) in [6.07, 6.45) is 2.00. The van der Waals surface area contributed by atoms with Crippen molar-refractivity contribution < 1.29 is 14.3 Å². The van der Waals surface area contributed by atoms with E-state index in [1.54, 1.807) is 14.0 Å². The number of fused-ring (bicyclic) bond motifs is 2. The molecule has 1 aliphatic heterocycles. The van der Waals surface area contributed by atoms with Gasteiger partial charge in [0, 0.05) is 5.56 Å². The summed E-state index contributed by atoms with van der Waals surface area (Å²) in [6.45, 7) is 2.13. The highest BCUT2D eigenvalue weighted by atomic mass is 32.1. The van der Waals surface area contributed by atoms with Crippen molar-refractivity contribution in [2.75, 3.05) is 13.7 Å². The minimum atomic E-state index is -0.232. The lowest BCUT2D eigenvalue weighted by molar-refractivity contribution is 0.0918. The van der Waals surface area contributed by atoms with E-state index in [1.165, 1.54) is 17.7 Å². The highest BCUT2D eigenvalue weighted by Crippen LogP contribution is 2.34. The van der Waals surface area contributed by atoms with E-state index in [4.69, 9.17) is 9.47 Å². The normalized spacial score (nSPS) is 16.0. The highest BCUT2D eigenvalue weighted by Gasteiger charge is 2.26. The van der Waals surface area contributed by atoms with E-state index in [0.717, 1.165) is 11.3 Å². The first kappa shape index (κ1) is 16.6. The maximum absolute atomic E-state index is 12.7. The van der Waals surface area contributed by atoms with Gasteiger partial charge in [0.2, 0.25) is 0 Å². The number of ether oxygens (including phenoxy) is 2. The van der Waals surface area contributed by atoms with Gasteiger partial charge in [-0.2, -0.15) is 0 Å². The summed E-state index contributed by atoms with van der Waals surface area (Å²) in [5.74, 6) is 1.21. The number of carbonyl (C=O) groups excluding carboxylic acids is 1. The average Bonchev–Trinajstić information content (AvgIpc) is 2.99. The molecule has 0 fully saturated rings. The first-order chi connectivity index (χ1) is 12.6. The van der Waals surface area contributed by atoms with E-state index in [-0.39, 0.29) is 17.5 Å². The Labute approximate surface area is 153 Å². The van der Waals surface area contributed by atoms with Crippen molar-refractivity contribution in [2.45, 2.75) is 19.4 Å². The van der Waals surface area contributed by atoms with Crippen LogP contribution in [-0.2, 0) is 6.42 Å². The molecule has 8 heteroatoms. The molecule has 0 saturated carbocycles. The predicted octanol–water partition coefficient (Wildman–Crippen LogP) is 2.04. The Kier molecular flexibility index (Phi) is 4.12. The van der Waals surface area contributed by atoms with E-state index in [0.29, 0.717) is 39.4 Å². The minimum absolute atomic E-state index is 0.155. The number of thiophene rings is 1. The second kappa shape index (κ2) is 6.45. The largest absolute Gasteiger partial charge is 0.493 e. The molecule has 3 heterocycles. The summed E-state index contributed by atoms with van der Waals surface area (Å²) in [6, 6.07) is 5.56. The van der Waals surface area contributed by atoms with Crippen molar-refractivity contribution in [1.29, 1.82) is 0 Å². The van der Waals surface area contributed by atoms with Crippen LogP contribution < -0.4 is 20.3 Å². The molecule has 3 aromatic rings. The van der Waals surface area contributed by atoms with E-state index in [1.807, 2.05) is 18.2 Å². The number of para-hydroxylation sites is 1. The molecule has 0 aliphatic carbocycles. The van der Waals surface area contributed by atoms with Crippen LogP contribution in [0.1, 0.15) is 20.8 Å². The molecule has 0 saturated heterocycles. The molecule has 26 heavy (non-hydrogen) atoms. The van der Waals surface area contributed by atoms with Gasteiger partial charge in [-0.15, -0.1) is 11.3 Å². The molecule has 1 amide bonds. The molecule has 2 N–H and O–H groups in total. The summed E-state index contributed by atoms with van der Waals surface area (Å²) in [5, 5.41) is 3.47. The lowest BCUT2D eigenvalue weighted by Gasteiger charge is -2.27. The number of aromatic nitrogens is 2. The Morgan fingerprint density at radius 3 is 3.08 bits per heavy atom. The fourth-order valence-electron chi connectivity index (χ4n) is 3.19. The number of nitrogens with zero attached hydrogens (tertiary/aromatic N) is 1. The second-order valence-electron chi connectivity index (χ2n) is 6.10. The van der Waals surface area contributed by atoms with Gasteiger partial charge in [0.25, 0.3) is 11.5 Å². The number of rotatable bonds is 3. The molecule has 0 radical (unpaired) electrons. The average molecular weight is 371 g/mol. The van der Waals surface area contributed by atoms with Crippen LogP contribution in [0.25, 0.3) is 10.2 Å². The van der Waals surface area contributed by atoms with Crippen molar-refractivity contribution in [1.82, 2.24) is 15.3 Å². The fraction of sp³-hybridized carbons (Fsp3) is 0.278.